The highest BCUT2D eigenvalue weighted by Gasteiger charge is 2.15. The number of aromatic nitrogens is 3. The molecule has 0 atom stereocenters. The summed E-state index contributed by atoms with van der Waals surface area (Å²) in [6, 6.07) is 5.21. The first-order chi connectivity index (χ1) is 9.49. The van der Waals surface area contributed by atoms with Crippen LogP contribution in [0.3, 0.4) is 0 Å². The average Bonchev–Trinajstić information content (AvgIpc) is 2.70. The molecule has 0 aliphatic rings. The van der Waals surface area contributed by atoms with Gasteiger partial charge in [0, 0.05) is 12.2 Å². The Hall–Kier alpha value is -2.06. The lowest BCUT2D eigenvalue weighted by Crippen LogP contribution is -2.26. The van der Waals surface area contributed by atoms with Gasteiger partial charge in [-0.3, -0.25) is 9.48 Å². The monoisotopic (exact) mass is 290 g/mol. The number of aryl methyl sites for hydroxylation is 3. The molecule has 0 unspecified atom stereocenters. The van der Waals surface area contributed by atoms with E-state index in [1.54, 1.807) is 15.3 Å². The molecule has 0 bridgehead atoms. The summed E-state index contributed by atoms with van der Waals surface area (Å²) < 4.78 is 3.33. The lowest BCUT2D eigenvalue weighted by Gasteiger charge is -2.11. The van der Waals surface area contributed by atoms with Crippen LogP contribution in [-0.4, -0.2) is 14.3 Å². The van der Waals surface area contributed by atoms with E-state index >= 15 is 0 Å². The predicted octanol–water partition coefficient (Wildman–Crippen LogP) is 2.25. The van der Waals surface area contributed by atoms with E-state index in [2.05, 4.69) is 5.10 Å². The third-order valence-electron chi connectivity index (χ3n) is 3.27. The van der Waals surface area contributed by atoms with Crippen molar-refractivity contribution in [1.29, 1.82) is 5.26 Å². The zero-order valence-electron chi connectivity index (χ0n) is 11.6. The minimum Gasteiger partial charge on any atom is -0.306 e. The molecule has 0 fully saturated rings. The van der Waals surface area contributed by atoms with Gasteiger partial charge in [-0.05, 0) is 32.9 Å². The van der Waals surface area contributed by atoms with Crippen LogP contribution in [0.4, 0.5) is 0 Å². The maximum Gasteiger partial charge on any atom is 0.269 e. The third-order valence-corrected chi connectivity index (χ3v) is 3.77. The Bertz CT molecular complexity index is 752. The van der Waals surface area contributed by atoms with Crippen molar-refractivity contribution >= 4 is 11.6 Å². The smallest absolute Gasteiger partial charge is 0.269 e. The third kappa shape index (κ3) is 2.35. The highest BCUT2D eigenvalue weighted by molar-refractivity contribution is 6.31. The van der Waals surface area contributed by atoms with Gasteiger partial charge in [-0.2, -0.15) is 10.4 Å². The zero-order chi connectivity index (χ0) is 14.9. The Labute approximate surface area is 122 Å². The number of pyridine rings is 1. The molecule has 0 aliphatic heterocycles. The fourth-order valence-electron chi connectivity index (χ4n) is 2.12. The quantitative estimate of drug-likeness (QED) is 0.871. The molecule has 5 nitrogen and oxygen atoms in total. The lowest BCUT2D eigenvalue weighted by atomic mass is 10.2. The van der Waals surface area contributed by atoms with Crippen LogP contribution in [0.15, 0.2) is 16.9 Å². The summed E-state index contributed by atoms with van der Waals surface area (Å²) in [6.07, 6.45) is 0. The zero-order valence-corrected chi connectivity index (χ0v) is 12.4. The van der Waals surface area contributed by atoms with E-state index in [4.69, 9.17) is 16.9 Å². The maximum atomic E-state index is 12.2. The summed E-state index contributed by atoms with van der Waals surface area (Å²) in [5.74, 6) is 0. The van der Waals surface area contributed by atoms with E-state index in [0.717, 1.165) is 17.1 Å². The minimum atomic E-state index is -0.301. The molecule has 0 spiro atoms. The van der Waals surface area contributed by atoms with Crippen molar-refractivity contribution in [3.8, 4) is 6.07 Å². The van der Waals surface area contributed by atoms with Crippen LogP contribution in [0.25, 0.3) is 0 Å². The Kier molecular flexibility index (Phi) is 3.96. The van der Waals surface area contributed by atoms with Crippen molar-refractivity contribution in [2.45, 2.75) is 33.9 Å². The fourth-order valence-corrected chi connectivity index (χ4v) is 2.32. The van der Waals surface area contributed by atoms with Crippen molar-refractivity contribution < 1.29 is 0 Å². The van der Waals surface area contributed by atoms with Crippen LogP contribution < -0.4 is 5.56 Å². The lowest BCUT2D eigenvalue weighted by molar-refractivity contribution is 0.586. The van der Waals surface area contributed by atoms with Crippen LogP contribution in [0.5, 0.6) is 0 Å². The topological polar surface area (TPSA) is 63.6 Å². The van der Waals surface area contributed by atoms with Crippen LogP contribution in [-0.2, 0) is 13.1 Å². The van der Waals surface area contributed by atoms with Gasteiger partial charge in [0.1, 0.15) is 11.6 Å². The molecule has 2 aromatic heterocycles. The largest absolute Gasteiger partial charge is 0.306 e. The van der Waals surface area contributed by atoms with Crippen LogP contribution in [0.1, 0.15) is 29.6 Å². The number of hydrogen-bond acceptors (Lipinski definition) is 3. The number of hydrogen-bond donors (Lipinski definition) is 0. The second-order valence-electron chi connectivity index (χ2n) is 4.55. The summed E-state index contributed by atoms with van der Waals surface area (Å²) in [5.41, 5.74) is 2.14. The number of nitrogens with zero attached hydrogens (tertiary/aromatic N) is 4. The first-order valence-corrected chi connectivity index (χ1v) is 6.69. The molecule has 0 amide bonds. The summed E-state index contributed by atoms with van der Waals surface area (Å²) in [4.78, 5) is 12.2. The molecule has 6 heteroatoms. The van der Waals surface area contributed by atoms with E-state index in [1.807, 2.05) is 26.8 Å². The van der Waals surface area contributed by atoms with E-state index in [0.29, 0.717) is 18.1 Å². The first-order valence-electron chi connectivity index (χ1n) is 6.31. The second kappa shape index (κ2) is 5.51. The van der Waals surface area contributed by atoms with Crippen LogP contribution >= 0.6 is 11.6 Å². The predicted molar refractivity (Wildman–Crippen MR) is 76.9 cm³/mol. The van der Waals surface area contributed by atoms with Gasteiger partial charge in [0.2, 0.25) is 0 Å². The molecule has 20 heavy (non-hydrogen) atoms. The molecule has 0 aliphatic carbocycles. The summed E-state index contributed by atoms with van der Waals surface area (Å²) >= 11 is 6.26. The van der Waals surface area contributed by atoms with Gasteiger partial charge in [0.25, 0.3) is 5.56 Å². The number of nitriles is 1. The van der Waals surface area contributed by atoms with E-state index in [1.165, 1.54) is 6.07 Å². The molecule has 2 aromatic rings. The van der Waals surface area contributed by atoms with Crippen molar-refractivity contribution in [1.82, 2.24) is 14.3 Å². The van der Waals surface area contributed by atoms with Crippen LogP contribution in [0, 0.1) is 25.2 Å². The highest BCUT2D eigenvalue weighted by atomic mass is 35.5. The van der Waals surface area contributed by atoms with Crippen LogP contribution in [0.2, 0.25) is 5.02 Å². The number of halogens is 1. The molecule has 2 rings (SSSR count). The normalized spacial score (nSPS) is 10.6. The standard InChI is InChI=1S/C14H15ClN4O/c1-4-19-12(13(15)10(3)17-19)8-18-9(2)5-6-11(7-16)14(18)20/h5-6H,4,8H2,1-3H3. The Balaban J connectivity index is 2.57. The molecule has 0 N–H and O–H groups in total. The van der Waals surface area contributed by atoms with Crippen molar-refractivity contribution in [2.24, 2.45) is 0 Å². The Morgan fingerprint density at radius 1 is 1.40 bits per heavy atom. The molecular formula is C14H15ClN4O. The summed E-state index contributed by atoms with van der Waals surface area (Å²) in [6.45, 7) is 6.62. The van der Waals surface area contributed by atoms with Gasteiger partial charge in [-0.25, -0.2) is 0 Å². The van der Waals surface area contributed by atoms with E-state index in [9.17, 15) is 4.79 Å². The molecule has 0 saturated heterocycles. The average molecular weight is 291 g/mol. The highest BCUT2D eigenvalue weighted by Crippen LogP contribution is 2.21. The molecule has 0 radical (unpaired) electrons. The SMILES string of the molecule is CCn1nc(C)c(Cl)c1Cn1c(C)ccc(C#N)c1=O. The van der Waals surface area contributed by atoms with Gasteiger partial charge >= 0.3 is 0 Å². The van der Waals surface area contributed by atoms with Gasteiger partial charge in [0.05, 0.1) is 23.0 Å². The van der Waals surface area contributed by atoms with Gasteiger partial charge in [-0.1, -0.05) is 11.6 Å². The summed E-state index contributed by atoms with van der Waals surface area (Å²) in [5, 5.41) is 13.9. The van der Waals surface area contributed by atoms with Crippen molar-refractivity contribution in [2.75, 3.05) is 0 Å². The van der Waals surface area contributed by atoms with Crippen molar-refractivity contribution in [3.63, 3.8) is 0 Å². The Morgan fingerprint density at radius 3 is 2.70 bits per heavy atom. The fraction of sp³-hybridized carbons (Fsp3) is 0.357. The van der Waals surface area contributed by atoms with Crippen molar-refractivity contribution in [3.05, 3.63) is 50.2 Å². The van der Waals surface area contributed by atoms with E-state index < -0.39 is 0 Å². The molecule has 104 valence electrons. The van der Waals surface area contributed by atoms with Gasteiger partial charge < -0.3 is 4.57 Å². The molecule has 0 aromatic carbocycles. The Morgan fingerprint density at radius 2 is 2.10 bits per heavy atom. The first kappa shape index (κ1) is 14.4. The molecule has 2 heterocycles. The van der Waals surface area contributed by atoms with Gasteiger partial charge in [-0.15, -0.1) is 0 Å². The maximum absolute atomic E-state index is 12.2. The second-order valence-corrected chi connectivity index (χ2v) is 4.93. The molecule has 0 saturated carbocycles. The minimum absolute atomic E-state index is 0.131. The molecular weight excluding hydrogens is 276 g/mol. The number of rotatable bonds is 3. The summed E-state index contributed by atoms with van der Waals surface area (Å²) in [7, 11) is 0. The van der Waals surface area contributed by atoms with Gasteiger partial charge in [0.15, 0.2) is 0 Å². The van der Waals surface area contributed by atoms with E-state index in [-0.39, 0.29) is 11.1 Å².